The Hall–Kier alpha value is -1.78. The van der Waals surface area contributed by atoms with Gasteiger partial charge in [0.05, 0.1) is 0 Å². The van der Waals surface area contributed by atoms with Crippen LogP contribution in [0.4, 0.5) is 5.69 Å². The maximum Gasteiger partial charge on any atom is 0.224 e. The Morgan fingerprint density at radius 3 is 2.26 bits per heavy atom. The zero-order valence-corrected chi connectivity index (χ0v) is 14.7. The molecular formula is C19H24N2OS. The number of hydrogen-bond donors (Lipinski definition) is 2. The van der Waals surface area contributed by atoms with Crippen molar-refractivity contribution in [1.82, 2.24) is 4.72 Å². The van der Waals surface area contributed by atoms with Crippen LogP contribution < -0.4 is 10.0 Å². The largest absolute Gasteiger partial charge is 0.326 e. The van der Waals surface area contributed by atoms with Crippen molar-refractivity contribution in [3.8, 4) is 0 Å². The van der Waals surface area contributed by atoms with Crippen LogP contribution in [0.15, 0.2) is 59.5 Å². The van der Waals surface area contributed by atoms with Crippen LogP contribution in [-0.4, -0.2) is 11.4 Å². The van der Waals surface area contributed by atoms with Gasteiger partial charge in [-0.15, -0.1) is 0 Å². The lowest BCUT2D eigenvalue weighted by Crippen LogP contribution is -2.29. The highest BCUT2D eigenvalue weighted by molar-refractivity contribution is 7.97. The number of rotatable bonds is 6. The summed E-state index contributed by atoms with van der Waals surface area (Å²) in [6, 6.07) is 18.0. The Balaban J connectivity index is 1.80. The molecule has 1 amide bonds. The monoisotopic (exact) mass is 328 g/mol. The van der Waals surface area contributed by atoms with Crippen LogP contribution >= 0.6 is 11.9 Å². The first-order valence-electron chi connectivity index (χ1n) is 7.80. The molecule has 0 fully saturated rings. The van der Waals surface area contributed by atoms with Crippen molar-refractivity contribution in [2.45, 2.75) is 44.0 Å². The Morgan fingerprint density at radius 2 is 1.65 bits per heavy atom. The molecule has 2 rings (SSSR count). The molecule has 0 aromatic heterocycles. The van der Waals surface area contributed by atoms with E-state index in [0.29, 0.717) is 6.42 Å². The van der Waals surface area contributed by atoms with Gasteiger partial charge in [0, 0.05) is 22.5 Å². The van der Waals surface area contributed by atoms with Crippen molar-refractivity contribution in [2.75, 3.05) is 5.32 Å². The van der Waals surface area contributed by atoms with Gasteiger partial charge in [-0.3, -0.25) is 9.52 Å². The second kappa shape index (κ2) is 8.18. The van der Waals surface area contributed by atoms with E-state index in [1.165, 1.54) is 5.56 Å². The third-order valence-electron chi connectivity index (χ3n) is 3.10. The van der Waals surface area contributed by atoms with E-state index in [1.54, 1.807) is 11.9 Å². The molecule has 0 saturated carbocycles. The summed E-state index contributed by atoms with van der Waals surface area (Å²) in [6.45, 7) is 6.38. The fourth-order valence-electron chi connectivity index (χ4n) is 1.94. The summed E-state index contributed by atoms with van der Waals surface area (Å²) >= 11 is 1.60. The van der Waals surface area contributed by atoms with Gasteiger partial charge in [0.2, 0.25) is 5.91 Å². The second-order valence-corrected chi connectivity index (χ2v) is 7.39. The highest BCUT2D eigenvalue weighted by Gasteiger charge is 2.09. The minimum absolute atomic E-state index is 0.0436. The molecule has 2 aromatic carbocycles. The maximum absolute atomic E-state index is 12.0. The zero-order valence-electron chi connectivity index (χ0n) is 13.9. The van der Waals surface area contributed by atoms with Crippen LogP contribution in [0.25, 0.3) is 0 Å². The highest BCUT2D eigenvalue weighted by Crippen LogP contribution is 2.20. The smallest absolute Gasteiger partial charge is 0.224 e. The molecule has 0 spiro atoms. The molecule has 0 bridgehead atoms. The number of nitrogens with one attached hydrogen (secondary N) is 2. The van der Waals surface area contributed by atoms with E-state index in [0.717, 1.165) is 17.0 Å². The van der Waals surface area contributed by atoms with Gasteiger partial charge in [0.1, 0.15) is 0 Å². The van der Waals surface area contributed by atoms with Crippen LogP contribution in [0.5, 0.6) is 0 Å². The van der Waals surface area contributed by atoms with E-state index in [-0.39, 0.29) is 11.4 Å². The van der Waals surface area contributed by atoms with Gasteiger partial charge < -0.3 is 5.32 Å². The van der Waals surface area contributed by atoms with Crippen molar-refractivity contribution in [1.29, 1.82) is 0 Å². The molecule has 4 heteroatoms. The van der Waals surface area contributed by atoms with Crippen molar-refractivity contribution in [2.24, 2.45) is 0 Å². The van der Waals surface area contributed by atoms with E-state index in [9.17, 15) is 4.79 Å². The molecule has 0 unspecified atom stereocenters. The average molecular weight is 328 g/mol. The van der Waals surface area contributed by atoms with E-state index >= 15 is 0 Å². The Labute approximate surface area is 143 Å². The summed E-state index contributed by atoms with van der Waals surface area (Å²) in [4.78, 5) is 13.1. The molecule has 2 aromatic rings. The number of anilines is 1. The van der Waals surface area contributed by atoms with Crippen molar-refractivity contribution < 1.29 is 4.79 Å². The minimum atomic E-state index is 0.0436. The van der Waals surface area contributed by atoms with Crippen LogP contribution in [-0.2, 0) is 11.2 Å². The van der Waals surface area contributed by atoms with Crippen LogP contribution in [0.1, 0.15) is 32.8 Å². The van der Waals surface area contributed by atoms with Gasteiger partial charge in [-0.05, 0) is 69.0 Å². The molecule has 0 aliphatic rings. The predicted molar refractivity (Wildman–Crippen MR) is 98.6 cm³/mol. The molecule has 23 heavy (non-hydrogen) atoms. The van der Waals surface area contributed by atoms with Crippen LogP contribution in [0.3, 0.4) is 0 Å². The maximum atomic E-state index is 12.0. The third kappa shape index (κ3) is 6.89. The summed E-state index contributed by atoms with van der Waals surface area (Å²) < 4.78 is 3.37. The highest BCUT2D eigenvalue weighted by atomic mass is 32.2. The van der Waals surface area contributed by atoms with Crippen LogP contribution in [0.2, 0.25) is 0 Å². The molecule has 0 radical (unpaired) electrons. The van der Waals surface area contributed by atoms with E-state index < -0.39 is 0 Å². The first kappa shape index (κ1) is 17.6. The standard InChI is InChI=1S/C19H24N2OS/c1-19(2,3)21-23-17-12-10-16(11-13-17)20-18(22)14-9-15-7-5-4-6-8-15/h4-8,10-13,21H,9,14H2,1-3H3,(H,20,22). The summed E-state index contributed by atoms with van der Waals surface area (Å²) in [5.41, 5.74) is 2.08. The fraction of sp³-hybridized carbons (Fsp3) is 0.316. The Morgan fingerprint density at radius 1 is 1.00 bits per heavy atom. The number of carbonyl (C=O) groups is 1. The molecule has 0 aliphatic heterocycles. The minimum Gasteiger partial charge on any atom is -0.326 e. The average Bonchev–Trinajstić information content (AvgIpc) is 2.53. The zero-order chi connectivity index (χ0) is 16.7. The topological polar surface area (TPSA) is 41.1 Å². The van der Waals surface area contributed by atoms with Crippen LogP contribution in [0, 0.1) is 0 Å². The number of benzene rings is 2. The number of aryl methyl sites for hydroxylation is 1. The van der Waals surface area contributed by atoms with E-state index in [1.807, 2.05) is 54.6 Å². The number of amides is 1. The summed E-state index contributed by atoms with van der Waals surface area (Å²) in [6.07, 6.45) is 1.25. The number of carbonyl (C=O) groups excluding carboxylic acids is 1. The van der Waals surface area contributed by atoms with Gasteiger partial charge in [0.25, 0.3) is 0 Å². The third-order valence-corrected chi connectivity index (χ3v) is 4.32. The van der Waals surface area contributed by atoms with Gasteiger partial charge in [0.15, 0.2) is 0 Å². The fourth-order valence-corrected chi connectivity index (χ4v) is 2.64. The lowest BCUT2D eigenvalue weighted by atomic mass is 10.1. The summed E-state index contributed by atoms with van der Waals surface area (Å²) in [5, 5.41) is 2.94. The normalized spacial score (nSPS) is 11.3. The molecule has 0 atom stereocenters. The molecule has 0 saturated heterocycles. The Bertz CT molecular complexity index is 618. The molecule has 0 aliphatic carbocycles. The van der Waals surface area contributed by atoms with Crippen molar-refractivity contribution in [3.63, 3.8) is 0 Å². The first-order chi connectivity index (χ1) is 10.9. The van der Waals surface area contributed by atoms with Crippen molar-refractivity contribution in [3.05, 3.63) is 60.2 Å². The Kier molecular flexibility index (Phi) is 6.25. The molecule has 3 nitrogen and oxygen atoms in total. The lowest BCUT2D eigenvalue weighted by molar-refractivity contribution is -0.116. The number of hydrogen-bond acceptors (Lipinski definition) is 3. The molecule has 122 valence electrons. The quantitative estimate of drug-likeness (QED) is 0.758. The molecule has 2 N–H and O–H groups in total. The summed E-state index contributed by atoms with van der Waals surface area (Å²) in [5.74, 6) is 0.0436. The molecular weight excluding hydrogens is 304 g/mol. The van der Waals surface area contributed by atoms with Gasteiger partial charge in [-0.25, -0.2) is 0 Å². The van der Waals surface area contributed by atoms with E-state index in [4.69, 9.17) is 0 Å². The van der Waals surface area contributed by atoms with Crippen molar-refractivity contribution >= 4 is 23.5 Å². The second-order valence-electron chi connectivity index (χ2n) is 6.51. The SMILES string of the molecule is CC(C)(C)NSc1ccc(NC(=O)CCc2ccccc2)cc1. The van der Waals surface area contributed by atoms with Gasteiger partial charge in [-0.1, -0.05) is 30.3 Å². The summed E-state index contributed by atoms with van der Waals surface area (Å²) in [7, 11) is 0. The van der Waals surface area contributed by atoms with E-state index in [2.05, 4.69) is 30.8 Å². The van der Waals surface area contributed by atoms with Gasteiger partial charge >= 0.3 is 0 Å². The predicted octanol–water partition coefficient (Wildman–Crippen LogP) is 4.65. The van der Waals surface area contributed by atoms with Gasteiger partial charge in [-0.2, -0.15) is 0 Å². The molecule has 0 heterocycles. The lowest BCUT2D eigenvalue weighted by Gasteiger charge is -2.19. The first-order valence-corrected chi connectivity index (χ1v) is 8.62.